The van der Waals surface area contributed by atoms with Gasteiger partial charge in [0, 0.05) is 11.8 Å². The second kappa shape index (κ2) is 7.17. The molecule has 2 aromatic heterocycles. The predicted octanol–water partition coefficient (Wildman–Crippen LogP) is 6.11. The van der Waals surface area contributed by atoms with E-state index in [1.165, 1.54) is 18.3 Å². The molecule has 0 N–H and O–H groups in total. The first kappa shape index (κ1) is 19.4. The Balaban J connectivity index is 1.98. The van der Waals surface area contributed by atoms with E-state index in [1.54, 1.807) is 30.3 Å². The molecular formula is C20H10Cl2F3N3O. The molecule has 4 aromatic rings. The molecule has 0 saturated heterocycles. The summed E-state index contributed by atoms with van der Waals surface area (Å²) in [7, 11) is 0. The Morgan fingerprint density at radius 3 is 2.38 bits per heavy atom. The smallest absolute Gasteiger partial charge is 0.267 e. The number of rotatable bonds is 2. The van der Waals surface area contributed by atoms with E-state index in [-0.39, 0.29) is 16.2 Å². The van der Waals surface area contributed by atoms with Crippen LogP contribution in [0, 0.1) is 0 Å². The number of hydrogen-bond acceptors (Lipinski definition) is 3. The first-order valence-corrected chi connectivity index (χ1v) is 9.03. The van der Waals surface area contributed by atoms with E-state index in [9.17, 15) is 18.0 Å². The van der Waals surface area contributed by atoms with Crippen LogP contribution in [0.25, 0.3) is 22.3 Å². The quantitative estimate of drug-likeness (QED) is 0.381. The second-order valence-electron chi connectivity index (χ2n) is 6.08. The third-order valence-electron chi connectivity index (χ3n) is 4.29. The van der Waals surface area contributed by atoms with Crippen LogP contribution < -0.4 is 0 Å². The molecule has 2 heterocycles. The molecular weight excluding hydrogens is 426 g/mol. The predicted molar refractivity (Wildman–Crippen MR) is 104 cm³/mol. The van der Waals surface area contributed by atoms with E-state index < -0.39 is 23.2 Å². The van der Waals surface area contributed by atoms with E-state index in [4.69, 9.17) is 23.2 Å². The number of aromatic nitrogens is 3. The van der Waals surface area contributed by atoms with Crippen LogP contribution in [0.5, 0.6) is 0 Å². The van der Waals surface area contributed by atoms with Gasteiger partial charge in [0.15, 0.2) is 0 Å². The number of nitrogens with zero attached hydrogens (tertiary/aromatic N) is 3. The maximum absolute atomic E-state index is 13.5. The third-order valence-corrected chi connectivity index (χ3v) is 4.94. The lowest BCUT2D eigenvalue weighted by atomic mass is 10.1. The van der Waals surface area contributed by atoms with Crippen LogP contribution in [0.1, 0.15) is 15.9 Å². The number of alkyl halides is 3. The first-order valence-electron chi connectivity index (χ1n) is 8.28. The zero-order valence-electron chi connectivity index (χ0n) is 14.4. The Kier molecular flexibility index (Phi) is 4.80. The summed E-state index contributed by atoms with van der Waals surface area (Å²) in [5.74, 6) is -1.01. The molecule has 2 aromatic carbocycles. The Morgan fingerprint density at radius 2 is 1.66 bits per heavy atom. The number of halogens is 5. The van der Waals surface area contributed by atoms with Crippen molar-refractivity contribution in [2.75, 3.05) is 0 Å². The van der Waals surface area contributed by atoms with Gasteiger partial charge >= 0.3 is 6.18 Å². The molecule has 0 aliphatic heterocycles. The molecule has 0 aliphatic rings. The lowest BCUT2D eigenvalue weighted by molar-refractivity contribution is -0.137. The summed E-state index contributed by atoms with van der Waals surface area (Å²) >= 11 is 12.2. The molecule has 9 heteroatoms. The average molecular weight is 436 g/mol. The molecule has 0 amide bonds. The molecule has 0 aliphatic carbocycles. The van der Waals surface area contributed by atoms with Gasteiger partial charge in [0.2, 0.25) is 0 Å². The van der Waals surface area contributed by atoms with Gasteiger partial charge in [0.25, 0.3) is 5.91 Å². The average Bonchev–Trinajstić information content (AvgIpc) is 3.06. The summed E-state index contributed by atoms with van der Waals surface area (Å²) in [6.45, 7) is 0. The molecule has 0 saturated carbocycles. The fraction of sp³-hybridized carbons (Fsp3) is 0.0500. The van der Waals surface area contributed by atoms with Crippen molar-refractivity contribution in [1.82, 2.24) is 14.8 Å². The number of benzene rings is 2. The fourth-order valence-corrected chi connectivity index (χ4v) is 3.51. The lowest BCUT2D eigenvalue weighted by Crippen LogP contribution is -2.20. The van der Waals surface area contributed by atoms with E-state index in [0.29, 0.717) is 16.1 Å². The van der Waals surface area contributed by atoms with Crippen molar-refractivity contribution >= 4 is 40.1 Å². The molecule has 0 bridgehead atoms. The maximum atomic E-state index is 13.5. The van der Waals surface area contributed by atoms with Gasteiger partial charge in [-0.3, -0.25) is 9.78 Å². The molecule has 0 spiro atoms. The molecule has 29 heavy (non-hydrogen) atoms. The summed E-state index contributed by atoms with van der Waals surface area (Å²) < 4.78 is 41.3. The van der Waals surface area contributed by atoms with Crippen molar-refractivity contribution in [3.63, 3.8) is 0 Å². The van der Waals surface area contributed by atoms with E-state index >= 15 is 0 Å². The van der Waals surface area contributed by atoms with Gasteiger partial charge in [-0.2, -0.15) is 23.0 Å². The number of carbonyl (C=O) groups is 1. The third kappa shape index (κ3) is 3.36. The van der Waals surface area contributed by atoms with E-state index in [2.05, 4.69) is 10.1 Å². The zero-order chi connectivity index (χ0) is 20.8. The highest BCUT2D eigenvalue weighted by Gasteiger charge is 2.37. The van der Waals surface area contributed by atoms with Crippen LogP contribution in [0.4, 0.5) is 13.2 Å². The number of carbonyl (C=O) groups excluding carboxylic acids is 1. The van der Waals surface area contributed by atoms with Crippen molar-refractivity contribution in [2.45, 2.75) is 6.18 Å². The summed E-state index contributed by atoms with van der Waals surface area (Å²) in [6.07, 6.45) is -3.27. The minimum atomic E-state index is -4.76. The van der Waals surface area contributed by atoms with Crippen molar-refractivity contribution in [3.05, 3.63) is 82.0 Å². The summed E-state index contributed by atoms with van der Waals surface area (Å²) in [6, 6.07) is 13.0. The fourth-order valence-electron chi connectivity index (χ4n) is 3.02. The van der Waals surface area contributed by atoms with Gasteiger partial charge in [-0.25, -0.2) is 0 Å². The lowest BCUT2D eigenvalue weighted by Gasteiger charge is -2.13. The summed E-state index contributed by atoms with van der Waals surface area (Å²) in [5, 5.41) is 4.30. The Morgan fingerprint density at radius 1 is 0.931 bits per heavy atom. The van der Waals surface area contributed by atoms with Crippen LogP contribution >= 0.6 is 23.2 Å². The zero-order valence-corrected chi connectivity index (χ0v) is 15.9. The van der Waals surface area contributed by atoms with Crippen molar-refractivity contribution in [1.29, 1.82) is 0 Å². The van der Waals surface area contributed by atoms with Crippen LogP contribution in [0.3, 0.4) is 0 Å². The monoisotopic (exact) mass is 435 g/mol. The highest BCUT2D eigenvalue weighted by molar-refractivity contribution is 6.34. The number of pyridine rings is 1. The van der Waals surface area contributed by atoms with Gasteiger partial charge in [-0.1, -0.05) is 47.5 Å². The largest absolute Gasteiger partial charge is 0.417 e. The molecule has 0 fully saturated rings. The first-order chi connectivity index (χ1) is 13.8. The van der Waals surface area contributed by atoms with Gasteiger partial charge in [0.05, 0.1) is 26.7 Å². The minimum Gasteiger partial charge on any atom is -0.267 e. The molecule has 0 unspecified atom stereocenters. The second-order valence-corrected chi connectivity index (χ2v) is 6.89. The SMILES string of the molecule is O=C(c1c(Cl)cccc1C(F)(F)F)n1nc(-c2ccccc2Cl)c2ncccc21. The summed E-state index contributed by atoms with van der Waals surface area (Å²) in [4.78, 5) is 17.4. The number of fused-ring (bicyclic) bond motifs is 1. The molecule has 146 valence electrons. The Bertz CT molecular complexity index is 1250. The molecule has 0 radical (unpaired) electrons. The highest BCUT2D eigenvalue weighted by atomic mass is 35.5. The van der Waals surface area contributed by atoms with Crippen molar-refractivity contribution in [2.24, 2.45) is 0 Å². The van der Waals surface area contributed by atoms with E-state index in [1.807, 2.05) is 0 Å². The summed E-state index contributed by atoms with van der Waals surface area (Å²) in [5.41, 5.74) is -0.475. The standard InChI is InChI=1S/C20H10Cl2F3N3O/c21-13-7-2-1-5-11(13)17-18-15(9-4-10-26-18)28(27-17)19(29)16-12(20(23,24)25)6-3-8-14(16)22/h1-10H. The van der Waals surface area contributed by atoms with E-state index in [0.717, 1.165) is 16.8 Å². The van der Waals surface area contributed by atoms with Gasteiger partial charge in [-0.05, 0) is 30.3 Å². The normalized spacial score (nSPS) is 11.8. The van der Waals surface area contributed by atoms with Crippen molar-refractivity contribution in [3.8, 4) is 11.3 Å². The number of hydrogen-bond donors (Lipinski definition) is 0. The highest BCUT2D eigenvalue weighted by Crippen LogP contribution is 2.37. The molecule has 4 rings (SSSR count). The molecule has 0 atom stereocenters. The van der Waals surface area contributed by atoms with Gasteiger partial charge < -0.3 is 0 Å². The topological polar surface area (TPSA) is 47.8 Å². The van der Waals surface area contributed by atoms with Crippen LogP contribution in [-0.4, -0.2) is 20.7 Å². The Labute approximate surface area is 172 Å². The maximum Gasteiger partial charge on any atom is 0.417 e. The van der Waals surface area contributed by atoms with Crippen molar-refractivity contribution < 1.29 is 18.0 Å². The minimum absolute atomic E-state index is 0.237. The molecule has 4 nitrogen and oxygen atoms in total. The van der Waals surface area contributed by atoms with Crippen LogP contribution in [-0.2, 0) is 6.18 Å². The Hall–Kier alpha value is -2.90. The van der Waals surface area contributed by atoms with Gasteiger partial charge in [-0.15, -0.1) is 0 Å². The van der Waals surface area contributed by atoms with Crippen LogP contribution in [0.2, 0.25) is 10.0 Å². The van der Waals surface area contributed by atoms with Gasteiger partial charge in [0.1, 0.15) is 11.2 Å². The van der Waals surface area contributed by atoms with Crippen LogP contribution in [0.15, 0.2) is 60.8 Å².